The second kappa shape index (κ2) is 8.36. The van der Waals surface area contributed by atoms with Crippen LogP contribution in [0.15, 0.2) is 53.5 Å². The molecule has 2 aliphatic rings. The van der Waals surface area contributed by atoms with Crippen LogP contribution in [0.2, 0.25) is 5.02 Å². The predicted molar refractivity (Wildman–Crippen MR) is 124 cm³/mol. The maximum absolute atomic E-state index is 12.8. The van der Waals surface area contributed by atoms with E-state index in [4.69, 9.17) is 11.6 Å². The molecule has 5 nitrogen and oxygen atoms in total. The summed E-state index contributed by atoms with van der Waals surface area (Å²) in [5.74, 6) is 0.152. The normalized spacial score (nSPS) is 23.9. The van der Waals surface area contributed by atoms with Gasteiger partial charge in [-0.3, -0.25) is 4.79 Å². The van der Waals surface area contributed by atoms with Crippen molar-refractivity contribution >= 4 is 50.0 Å². The number of halogens is 1. The van der Waals surface area contributed by atoms with E-state index in [1.807, 2.05) is 47.4 Å². The number of hydrogen-bond acceptors (Lipinski definition) is 4. The lowest BCUT2D eigenvalue weighted by Crippen LogP contribution is -2.38. The number of hydrogen-bond donors (Lipinski definition) is 0. The van der Waals surface area contributed by atoms with E-state index in [1.54, 1.807) is 6.07 Å². The van der Waals surface area contributed by atoms with Gasteiger partial charge >= 0.3 is 0 Å². The van der Waals surface area contributed by atoms with Crippen LogP contribution in [0.1, 0.15) is 30.9 Å². The first-order valence-electron chi connectivity index (χ1n) is 9.85. The number of fused-ring (bicyclic) bond motifs is 1. The minimum absolute atomic E-state index is 0.0782. The summed E-state index contributed by atoms with van der Waals surface area (Å²) in [7, 11) is -3.11. The summed E-state index contributed by atoms with van der Waals surface area (Å²) in [6.45, 7) is 4.20. The van der Waals surface area contributed by atoms with E-state index in [2.05, 4.69) is 18.8 Å². The Labute approximate surface area is 186 Å². The Morgan fingerprint density at radius 3 is 2.60 bits per heavy atom. The summed E-state index contributed by atoms with van der Waals surface area (Å²) < 4.78 is 24.6. The van der Waals surface area contributed by atoms with Crippen molar-refractivity contribution < 1.29 is 13.2 Å². The second-order valence-corrected chi connectivity index (χ2v) is 11.7. The number of carbonyl (C=O) groups excluding carboxylic acids is 1. The minimum atomic E-state index is -3.11. The molecule has 2 aromatic rings. The lowest BCUT2D eigenvalue weighted by Gasteiger charge is -2.28. The van der Waals surface area contributed by atoms with E-state index < -0.39 is 9.84 Å². The number of amides is 1. The van der Waals surface area contributed by atoms with Crippen LogP contribution in [0, 0.1) is 0 Å². The Bertz CT molecular complexity index is 1110. The molecule has 0 bridgehead atoms. The number of rotatable bonds is 4. The number of benzene rings is 2. The molecule has 0 aromatic heterocycles. The fourth-order valence-corrected chi connectivity index (χ4v) is 8.12. The van der Waals surface area contributed by atoms with Crippen LogP contribution < -0.4 is 4.90 Å². The molecule has 0 radical (unpaired) electrons. The van der Waals surface area contributed by atoms with Gasteiger partial charge in [0.25, 0.3) is 5.91 Å². The maximum Gasteiger partial charge on any atom is 0.252 e. The zero-order chi connectivity index (χ0) is 21.5. The molecule has 2 atom stereocenters. The highest BCUT2D eigenvalue weighted by molar-refractivity contribution is 8.16. The van der Waals surface area contributed by atoms with Crippen molar-refractivity contribution in [1.29, 1.82) is 0 Å². The van der Waals surface area contributed by atoms with Crippen molar-refractivity contribution in [1.82, 2.24) is 0 Å². The van der Waals surface area contributed by atoms with Gasteiger partial charge in [0.05, 0.1) is 24.0 Å². The summed E-state index contributed by atoms with van der Waals surface area (Å²) in [4.78, 5) is 19.1. The van der Waals surface area contributed by atoms with Gasteiger partial charge in [0.1, 0.15) is 0 Å². The molecule has 2 heterocycles. The third-order valence-corrected chi connectivity index (χ3v) is 8.98. The highest BCUT2D eigenvalue weighted by atomic mass is 35.5. The SMILES string of the molecule is CC(C)c1ccccc1N1C(=NC(=O)Cc2ccccc2Cl)S[C@H]2CS(=O)(=O)C[C@@H]21. The number of nitrogens with zero attached hydrogens (tertiary/aromatic N) is 2. The van der Waals surface area contributed by atoms with Gasteiger partial charge in [-0.1, -0.05) is 73.6 Å². The van der Waals surface area contributed by atoms with Gasteiger partial charge in [0.15, 0.2) is 15.0 Å². The standard InChI is InChI=1S/C22H23ClN2O3S2/c1-14(2)16-8-4-6-10-18(16)25-19-12-30(27,28)13-20(19)29-22(25)24-21(26)11-15-7-3-5-9-17(15)23/h3-10,14,19-20H,11-13H2,1-2H3/t19-,20-/m0/s1. The molecule has 0 unspecified atom stereocenters. The zero-order valence-corrected chi connectivity index (χ0v) is 19.2. The van der Waals surface area contributed by atoms with Crippen molar-refractivity contribution in [2.45, 2.75) is 37.5 Å². The molecule has 0 aliphatic carbocycles. The van der Waals surface area contributed by atoms with E-state index >= 15 is 0 Å². The predicted octanol–water partition coefficient (Wildman–Crippen LogP) is 4.31. The molecule has 158 valence electrons. The second-order valence-electron chi connectivity index (χ2n) is 7.94. The number of amidine groups is 1. The van der Waals surface area contributed by atoms with Crippen LogP contribution in [0.5, 0.6) is 0 Å². The largest absolute Gasteiger partial charge is 0.315 e. The summed E-state index contributed by atoms with van der Waals surface area (Å²) >= 11 is 7.58. The molecular formula is C22H23ClN2O3S2. The van der Waals surface area contributed by atoms with Gasteiger partial charge in [-0.05, 0) is 29.2 Å². The Hall–Kier alpha value is -1.83. The van der Waals surface area contributed by atoms with Crippen molar-refractivity contribution in [2.75, 3.05) is 16.4 Å². The number of sulfone groups is 1. The molecule has 1 amide bonds. The van der Waals surface area contributed by atoms with E-state index in [1.165, 1.54) is 11.8 Å². The Kier molecular flexibility index (Phi) is 5.97. The summed E-state index contributed by atoms with van der Waals surface area (Å²) in [6.07, 6.45) is 0.108. The molecule has 8 heteroatoms. The minimum Gasteiger partial charge on any atom is -0.315 e. The topological polar surface area (TPSA) is 66.8 Å². The smallest absolute Gasteiger partial charge is 0.252 e. The van der Waals surface area contributed by atoms with Crippen LogP contribution in [0.25, 0.3) is 0 Å². The van der Waals surface area contributed by atoms with Crippen LogP contribution in [-0.4, -0.2) is 42.3 Å². The van der Waals surface area contributed by atoms with Gasteiger partial charge in [-0.2, -0.15) is 4.99 Å². The third-order valence-electron chi connectivity index (χ3n) is 5.40. The summed E-state index contributed by atoms with van der Waals surface area (Å²) in [6, 6.07) is 15.0. The van der Waals surface area contributed by atoms with Crippen LogP contribution in [-0.2, 0) is 21.1 Å². The lowest BCUT2D eigenvalue weighted by molar-refractivity contribution is -0.117. The molecule has 2 fully saturated rings. The Balaban J connectivity index is 1.71. The van der Waals surface area contributed by atoms with E-state index in [0.717, 1.165) is 16.8 Å². The fourth-order valence-electron chi connectivity index (χ4n) is 3.99. The number of aliphatic imine (C=N–C) groups is 1. The van der Waals surface area contributed by atoms with Crippen LogP contribution >= 0.6 is 23.4 Å². The maximum atomic E-state index is 12.8. The Morgan fingerprint density at radius 2 is 1.87 bits per heavy atom. The molecule has 2 aromatic carbocycles. The number of carbonyl (C=O) groups is 1. The molecule has 2 aliphatic heterocycles. The fraction of sp³-hybridized carbons (Fsp3) is 0.364. The van der Waals surface area contributed by atoms with Crippen molar-refractivity contribution in [3.63, 3.8) is 0 Å². The average Bonchev–Trinajstić information content (AvgIpc) is 3.14. The van der Waals surface area contributed by atoms with Gasteiger partial charge in [-0.25, -0.2) is 8.42 Å². The monoisotopic (exact) mass is 462 g/mol. The first-order chi connectivity index (χ1) is 14.2. The van der Waals surface area contributed by atoms with Gasteiger partial charge in [-0.15, -0.1) is 0 Å². The zero-order valence-electron chi connectivity index (χ0n) is 16.8. The van der Waals surface area contributed by atoms with E-state index in [-0.39, 0.29) is 41.0 Å². The quantitative estimate of drug-likeness (QED) is 0.677. The highest BCUT2D eigenvalue weighted by Gasteiger charge is 2.49. The number of anilines is 1. The van der Waals surface area contributed by atoms with Crippen LogP contribution in [0.3, 0.4) is 0 Å². The van der Waals surface area contributed by atoms with Crippen molar-refractivity contribution in [3.05, 3.63) is 64.7 Å². The third kappa shape index (κ3) is 4.29. The first-order valence-corrected chi connectivity index (χ1v) is 12.9. The molecule has 4 rings (SSSR count). The van der Waals surface area contributed by atoms with E-state index in [9.17, 15) is 13.2 Å². The van der Waals surface area contributed by atoms with Crippen molar-refractivity contribution in [2.24, 2.45) is 4.99 Å². The molecule has 2 saturated heterocycles. The average molecular weight is 463 g/mol. The lowest BCUT2D eigenvalue weighted by atomic mass is 9.99. The highest BCUT2D eigenvalue weighted by Crippen LogP contribution is 2.43. The molecule has 0 saturated carbocycles. The van der Waals surface area contributed by atoms with Gasteiger partial charge < -0.3 is 4.90 Å². The number of para-hydroxylation sites is 1. The molecule has 0 spiro atoms. The summed E-state index contributed by atoms with van der Waals surface area (Å²) in [5.41, 5.74) is 2.76. The molecular weight excluding hydrogens is 440 g/mol. The Morgan fingerprint density at radius 1 is 1.17 bits per heavy atom. The molecule has 30 heavy (non-hydrogen) atoms. The van der Waals surface area contributed by atoms with Crippen molar-refractivity contribution in [3.8, 4) is 0 Å². The van der Waals surface area contributed by atoms with Gasteiger partial charge in [0.2, 0.25) is 0 Å². The first kappa shape index (κ1) is 21.4. The van der Waals surface area contributed by atoms with Gasteiger partial charge in [0, 0.05) is 16.0 Å². The number of thioether (sulfide) groups is 1. The molecule has 0 N–H and O–H groups in total. The van der Waals surface area contributed by atoms with Crippen LogP contribution in [0.4, 0.5) is 5.69 Å². The summed E-state index contributed by atoms with van der Waals surface area (Å²) in [5, 5.41) is 0.988. The van der Waals surface area contributed by atoms with E-state index in [0.29, 0.717) is 10.2 Å².